The zero-order valence-corrected chi connectivity index (χ0v) is 16.4. The van der Waals surface area contributed by atoms with Crippen LogP contribution in [0.25, 0.3) is 11.1 Å². The molecular weight excluding hydrogens is 399 g/mol. The molecule has 0 atom stereocenters. The van der Waals surface area contributed by atoms with Crippen molar-refractivity contribution in [2.75, 3.05) is 13.7 Å². The van der Waals surface area contributed by atoms with Crippen molar-refractivity contribution in [3.8, 4) is 16.9 Å². The van der Waals surface area contributed by atoms with Crippen LogP contribution in [0.1, 0.15) is 29.5 Å². The van der Waals surface area contributed by atoms with Crippen molar-refractivity contribution >= 4 is 11.8 Å². The average molecular weight is 421 g/mol. The molecule has 2 aromatic carbocycles. The molecular formula is C22H22F3NO4. The first-order chi connectivity index (χ1) is 14.2. The Kier molecular flexibility index (Phi) is 6.45. The number of carboxylic acid groups (broad SMARTS) is 1. The maximum Gasteiger partial charge on any atom is 0.416 e. The fraction of sp³-hybridized carbons (Fsp3) is 0.364. The van der Waals surface area contributed by atoms with Gasteiger partial charge in [0, 0.05) is 18.0 Å². The minimum Gasteiger partial charge on any atom is -0.496 e. The molecule has 30 heavy (non-hydrogen) atoms. The molecule has 0 bridgehead atoms. The summed E-state index contributed by atoms with van der Waals surface area (Å²) in [5, 5.41) is 12.0. The molecule has 2 aromatic rings. The lowest BCUT2D eigenvalue weighted by molar-refractivity contribution is -0.138. The van der Waals surface area contributed by atoms with Crippen LogP contribution in [0, 0.1) is 5.92 Å². The maximum atomic E-state index is 13.3. The second kappa shape index (κ2) is 8.87. The number of carbonyl (C=O) groups excluding carboxylic acids is 1. The number of ketones is 1. The van der Waals surface area contributed by atoms with Crippen LogP contribution in [0.15, 0.2) is 36.4 Å². The van der Waals surface area contributed by atoms with Crippen molar-refractivity contribution in [2.24, 2.45) is 5.92 Å². The minimum atomic E-state index is -4.51. The standard InChI is InChI=1S/C22H22F3NO4/c1-30-20-7-2-13(9-21(28)29)8-18(20)17-6-5-16(22(23,24)25)10-15(17)11-26-12-19(27)14-3-4-14/h2,5-8,10,14,26H,3-4,9,11-12H2,1H3,(H,28,29). The van der Waals surface area contributed by atoms with Gasteiger partial charge in [-0.15, -0.1) is 0 Å². The Morgan fingerprint density at radius 1 is 1.13 bits per heavy atom. The molecule has 1 saturated carbocycles. The van der Waals surface area contributed by atoms with Crippen LogP contribution in [0.2, 0.25) is 0 Å². The summed E-state index contributed by atoms with van der Waals surface area (Å²) >= 11 is 0. The van der Waals surface area contributed by atoms with E-state index in [0.717, 1.165) is 25.0 Å². The average Bonchev–Trinajstić information content (AvgIpc) is 3.52. The lowest BCUT2D eigenvalue weighted by Crippen LogP contribution is -2.24. The largest absolute Gasteiger partial charge is 0.496 e. The highest BCUT2D eigenvalue weighted by Gasteiger charge is 2.32. The number of hydrogen-bond acceptors (Lipinski definition) is 4. The molecule has 2 N–H and O–H groups in total. The molecule has 0 unspecified atom stereocenters. The van der Waals surface area contributed by atoms with E-state index in [-0.39, 0.29) is 31.2 Å². The van der Waals surface area contributed by atoms with Crippen LogP contribution in [0.4, 0.5) is 13.2 Å². The van der Waals surface area contributed by atoms with Crippen LogP contribution in [-0.4, -0.2) is 30.5 Å². The van der Waals surface area contributed by atoms with Crippen molar-refractivity contribution < 1.29 is 32.6 Å². The van der Waals surface area contributed by atoms with Gasteiger partial charge in [-0.25, -0.2) is 0 Å². The van der Waals surface area contributed by atoms with E-state index in [2.05, 4.69) is 5.32 Å². The molecule has 5 nitrogen and oxygen atoms in total. The lowest BCUT2D eigenvalue weighted by Gasteiger charge is -2.17. The van der Waals surface area contributed by atoms with E-state index >= 15 is 0 Å². The molecule has 0 heterocycles. The van der Waals surface area contributed by atoms with Gasteiger partial charge in [0.15, 0.2) is 0 Å². The van der Waals surface area contributed by atoms with E-state index in [1.807, 2.05) is 0 Å². The van der Waals surface area contributed by atoms with E-state index in [9.17, 15) is 22.8 Å². The number of carboxylic acids is 1. The van der Waals surface area contributed by atoms with Crippen LogP contribution in [0.5, 0.6) is 5.75 Å². The van der Waals surface area contributed by atoms with E-state index in [4.69, 9.17) is 9.84 Å². The second-order valence-corrected chi connectivity index (χ2v) is 7.32. The number of methoxy groups -OCH3 is 1. The topological polar surface area (TPSA) is 75.6 Å². The third-order valence-corrected chi connectivity index (χ3v) is 4.99. The van der Waals surface area contributed by atoms with Crippen LogP contribution in [-0.2, 0) is 28.7 Å². The normalized spacial score (nSPS) is 13.9. The molecule has 1 aliphatic rings. The quantitative estimate of drug-likeness (QED) is 0.638. The molecule has 8 heteroatoms. The number of rotatable bonds is 9. The van der Waals surface area contributed by atoms with Crippen molar-refractivity contribution in [3.63, 3.8) is 0 Å². The Bertz CT molecular complexity index is 952. The zero-order valence-electron chi connectivity index (χ0n) is 16.4. The summed E-state index contributed by atoms with van der Waals surface area (Å²) < 4.78 is 45.1. The van der Waals surface area contributed by atoms with E-state index in [0.29, 0.717) is 28.0 Å². The Morgan fingerprint density at radius 3 is 2.47 bits per heavy atom. The highest BCUT2D eigenvalue weighted by molar-refractivity contribution is 5.85. The summed E-state index contributed by atoms with van der Waals surface area (Å²) in [4.78, 5) is 23.0. The molecule has 1 aliphatic carbocycles. The van der Waals surface area contributed by atoms with Gasteiger partial charge in [0.05, 0.1) is 25.6 Å². The highest BCUT2D eigenvalue weighted by Crippen LogP contribution is 2.37. The number of aliphatic carboxylic acids is 1. The third kappa shape index (κ3) is 5.38. The third-order valence-electron chi connectivity index (χ3n) is 4.99. The highest BCUT2D eigenvalue weighted by atomic mass is 19.4. The fourth-order valence-corrected chi connectivity index (χ4v) is 3.30. The van der Waals surface area contributed by atoms with Crippen LogP contribution >= 0.6 is 0 Å². The van der Waals surface area contributed by atoms with Gasteiger partial charge in [-0.1, -0.05) is 12.1 Å². The van der Waals surface area contributed by atoms with E-state index in [1.165, 1.54) is 13.2 Å². The summed E-state index contributed by atoms with van der Waals surface area (Å²) in [5.74, 6) is -0.478. The van der Waals surface area contributed by atoms with Gasteiger partial charge in [-0.3, -0.25) is 9.59 Å². The summed E-state index contributed by atoms with van der Waals surface area (Å²) in [6.07, 6.45) is -3.00. The monoisotopic (exact) mass is 421 g/mol. The number of Topliss-reactive ketones (excluding diaryl/α,β-unsaturated/α-hetero) is 1. The number of carbonyl (C=O) groups is 2. The van der Waals surface area contributed by atoms with Crippen molar-refractivity contribution in [2.45, 2.75) is 32.0 Å². The predicted octanol–water partition coefficient (Wildman–Crippen LogP) is 4.08. The molecule has 0 amide bonds. The van der Waals surface area contributed by atoms with Crippen LogP contribution < -0.4 is 10.1 Å². The van der Waals surface area contributed by atoms with Gasteiger partial charge >= 0.3 is 12.1 Å². The number of nitrogens with one attached hydrogen (secondary N) is 1. The van der Waals surface area contributed by atoms with E-state index in [1.54, 1.807) is 18.2 Å². The summed E-state index contributed by atoms with van der Waals surface area (Å²) in [6.45, 7) is 0.153. The Balaban J connectivity index is 1.97. The first-order valence-electron chi connectivity index (χ1n) is 9.51. The van der Waals surface area contributed by atoms with E-state index < -0.39 is 17.7 Å². The predicted molar refractivity (Wildman–Crippen MR) is 104 cm³/mol. The molecule has 0 radical (unpaired) electrons. The van der Waals surface area contributed by atoms with Gasteiger partial charge in [-0.2, -0.15) is 13.2 Å². The first kappa shape index (κ1) is 21.8. The Hall–Kier alpha value is -2.87. The zero-order chi connectivity index (χ0) is 21.9. The molecule has 1 fully saturated rings. The van der Waals surface area contributed by atoms with Crippen molar-refractivity contribution in [1.29, 1.82) is 0 Å². The number of hydrogen-bond donors (Lipinski definition) is 2. The molecule has 160 valence electrons. The van der Waals surface area contributed by atoms with Crippen molar-refractivity contribution in [3.05, 3.63) is 53.1 Å². The molecule has 0 spiro atoms. The summed E-state index contributed by atoms with van der Waals surface area (Å²) in [6, 6.07) is 8.19. The van der Waals surface area contributed by atoms with Gasteiger partial charge in [0.1, 0.15) is 11.5 Å². The Morgan fingerprint density at radius 2 is 1.87 bits per heavy atom. The fourth-order valence-electron chi connectivity index (χ4n) is 3.30. The van der Waals surface area contributed by atoms with Crippen molar-refractivity contribution in [1.82, 2.24) is 5.32 Å². The minimum absolute atomic E-state index is 0.0595. The lowest BCUT2D eigenvalue weighted by atomic mass is 9.94. The Labute approximate surface area is 171 Å². The molecule has 0 saturated heterocycles. The van der Waals surface area contributed by atoms with Crippen LogP contribution in [0.3, 0.4) is 0 Å². The SMILES string of the molecule is COc1ccc(CC(=O)O)cc1-c1ccc(C(F)(F)F)cc1CNCC(=O)C1CC1. The molecule has 3 rings (SSSR count). The number of halogens is 3. The number of alkyl halides is 3. The van der Waals surface area contributed by atoms with Gasteiger partial charge in [-0.05, 0) is 53.8 Å². The molecule has 0 aliphatic heterocycles. The second-order valence-electron chi connectivity index (χ2n) is 7.32. The number of ether oxygens (including phenoxy) is 1. The summed E-state index contributed by atoms with van der Waals surface area (Å²) in [5.41, 5.74) is 1.03. The molecule has 0 aromatic heterocycles. The number of benzene rings is 2. The first-order valence-corrected chi connectivity index (χ1v) is 9.51. The van der Waals surface area contributed by atoms with Gasteiger partial charge in [0.25, 0.3) is 0 Å². The van der Waals surface area contributed by atoms with Gasteiger partial charge < -0.3 is 15.2 Å². The van der Waals surface area contributed by atoms with Gasteiger partial charge in [0.2, 0.25) is 0 Å². The maximum absolute atomic E-state index is 13.3. The summed E-state index contributed by atoms with van der Waals surface area (Å²) in [7, 11) is 1.44. The smallest absolute Gasteiger partial charge is 0.416 e.